The van der Waals surface area contributed by atoms with Gasteiger partial charge < -0.3 is 8.98 Å². The molecule has 3 heterocycles. The van der Waals surface area contributed by atoms with E-state index in [1.165, 1.54) is 48.4 Å². The second-order valence-electron chi connectivity index (χ2n) is 7.29. The van der Waals surface area contributed by atoms with E-state index in [2.05, 4.69) is 82.3 Å². The molecule has 0 saturated carbocycles. The van der Waals surface area contributed by atoms with Gasteiger partial charge in [-0.3, -0.25) is 0 Å². The lowest BCUT2D eigenvalue weighted by Crippen LogP contribution is -1.93. The minimum absolute atomic E-state index is 0.803. The Kier molecular flexibility index (Phi) is 2.88. The Morgan fingerprint density at radius 1 is 0.759 bits per heavy atom. The molecule has 0 fully saturated rings. The van der Waals surface area contributed by atoms with Crippen molar-refractivity contribution in [1.29, 1.82) is 0 Å². The molecule has 0 aliphatic rings. The minimum atomic E-state index is 0.803. The van der Waals surface area contributed by atoms with E-state index >= 15 is 0 Å². The lowest BCUT2D eigenvalue weighted by atomic mass is 10.1. The molecule has 0 N–H and O–H groups in total. The van der Waals surface area contributed by atoms with Crippen LogP contribution in [0.1, 0.15) is 0 Å². The third-order valence-corrected chi connectivity index (χ3v) is 6.95. The number of thiophene rings is 1. The first-order valence-corrected chi connectivity index (χ1v) is 10.4. The van der Waals surface area contributed by atoms with E-state index in [0.29, 0.717) is 0 Å². The molecule has 7 rings (SSSR count). The van der Waals surface area contributed by atoms with Crippen molar-refractivity contribution in [1.82, 2.24) is 9.55 Å². The summed E-state index contributed by atoms with van der Waals surface area (Å²) in [4.78, 5) is 4.27. The summed E-state index contributed by atoms with van der Waals surface area (Å²) in [6.45, 7) is 0. The van der Waals surface area contributed by atoms with Crippen LogP contribution in [0.2, 0.25) is 0 Å². The number of nitrogens with zero attached hydrogens (tertiary/aromatic N) is 2. The lowest BCUT2D eigenvalue weighted by Gasteiger charge is -2.08. The van der Waals surface area contributed by atoms with Gasteiger partial charge in [-0.05, 0) is 24.3 Å². The molecule has 3 aromatic heterocycles. The Morgan fingerprint density at radius 2 is 1.59 bits per heavy atom. The molecule has 0 bridgehead atoms. The standard InChI is InChI=1S/C25H14N2OS/c1-3-7-21-16(5-1)18-10-11-19-17-6-2-4-8-23(17)29-25(19)24(18)27(21)15-9-12-20-22(13-15)28-14-26-20/h1-14H. The van der Waals surface area contributed by atoms with Gasteiger partial charge >= 0.3 is 0 Å². The number of para-hydroxylation sites is 1. The Balaban J connectivity index is 1.73. The molecule has 0 aliphatic heterocycles. The van der Waals surface area contributed by atoms with Crippen molar-refractivity contribution < 1.29 is 4.42 Å². The van der Waals surface area contributed by atoms with Gasteiger partial charge in [0.2, 0.25) is 0 Å². The van der Waals surface area contributed by atoms with E-state index in [0.717, 1.165) is 16.8 Å². The van der Waals surface area contributed by atoms with E-state index < -0.39 is 0 Å². The number of hydrogen-bond acceptors (Lipinski definition) is 3. The maximum atomic E-state index is 5.59. The number of benzene rings is 4. The monoisotopic (exact) mass is 390 g/mol. The molecule has 4 heteroatoms. The van der Waals surface area contributed by atoms with Crippen molar-refractivity contribution in [3.63, 3.8) is 0 Å². The van der Waals surface area contributed by atoms with Gasteiger partial charge in [0.05, 0.1) is 21.4 Å². The zero-order chi connectivity index (χ0) is 18.9. The molecule has 29 heavy (non-hydrogen) atoms. The first kappa shape index (κ1) is 15.3. The van der Waals surface area contributed by atoms with Crippen molar-refractivity contribution in [2.45, 2.75) is 0 Å². The smallest absolute Gasteiger partial charge is 0.181 e. The fraction of sp³-hybridized carbons (Fsp3) is 0. The van der Waals surface area contributed by atoms with Gasteiger partial charge in [0.25, 0.3) is 0 Å². The molecule has 3 nitrogen and oxygen atoms in total. The minimum Gasteiger partial charge on any atom is -0.443 e. The van der Waals surface area contributed by atoms with Crippen LogP contribution >= 0.6 is 11.3 Å². The molecule has 7 aromatic rings. The van der Waals surface area contributed by atoms with Gasteiger partial charge in [-0.25, -0.2) is 4.98 Å². The molecule has 0 atom stereocenters. The summed E-state index contributed by atoms with van der Waals surface area (Å²) in [7, 11) is 0. The van der Waals surface area contributed by atoms with Crippen LogP contribution in [0, 0.1) is 0 Å². The van der Waals surface area contributed by atoms with Crippen LogP contribution in [0.4, 0.5) is 0 Å². The topological polar surface area (TPSA) is 31.0 Å². The molecule has 0 spiro atoms. The van der Waals surface area contributed by atoms with E-state index in [4.69, 9.17) is 4.42 Å². The molecule has 0 saturated heterocycles. The van der Waals surface area contributed by atoms with E-state index in [9.17, 15) is 0 Å². The zero-order valence-electron chi connectivity index (χ0n) is 15.3. The highest BCUT2D eigenvalue weighted by molar-refractivity contribution is 7.26. The Hall–Kier alpha value is -3.63. The molecule has 136 valence electrons. The summed E-state index contributed by atoms with van der Waals surface area (Å²) in [6.07, 6.45) is 1.50. The molecule has 0 aliphatic carbocycles. The molecule has 4 aromatic carbocycles. The number of aromatic nitrogens is 2. The van der Waals surface area contributed by atoms with Crippen molar-refractivity contribution in [2.75, 3.05) is 0 Å². The van der Waals surface area contributed by atoms with Crippen LogP contribution in [0.5, 0.6) is 0 Å². The maximum absolute atomic E-state index is 5.59. The normalized spacial score (nSPS) is 12.1. The molecular formula is C25H14N2OS. The largest absolute Gasteiger partial charge is 0.443 e. The summed E-state index contributed by atoms with van der Waals surface area (Å²) in [5.74, 6) is 0. The summed E-state index contributed by atoms with van der Waals surface area (Å²) in [5.41, 5.74) is 5.22. The Labute approximate surface area is 169 Å². The zero-order valence-corrected chi connectivity index (χ0v) is 16.1. The van der Waals surface area contributed by atoms with Crippen molar-refractivity contribution in [3.8, 4) is 5.69 Å². The van der Waals surface area contributed by atoms with Crippen LogP contribution in [-0.4, -0.2) is 9.55 Å². The predicted octanol–water partition coefficient (Wildman–Crippen LogP) is 7.29. The number of hydrogen-bond donors (Lipinski definition) is 0. The highest BCUT2D eigenvalue weighted by atomic mass is 32.1. The van der Waals surface area contributed by atoms with Gasteiger partial charge in [-0.1, -0.05) is 48.5 Å². The van der Waals surface area contributed by atoms with Crippen LogP contribution in [-0.2, 0) is 0 Å². The average molecular weight is 390 g/mol. The second-order valence-corrected chi connectivity index (χ2v) is 8.35. The van der Waals surface area contributed by atoms with Crippen LogP contribution in [0.3, 0.4) is 0 Å². The third-order valence-electron chi connectivity index (χ3n) is 5.75. The summed E-state index contributed by atoms with van der Waals surface area (Å²) in [5, 5.41) is 5.16. The van der Waals surface area contributed by atoms with Crippen LogP contribution in [0.15, 0.2) is 89.7 Å². The number of rotatable bonds is 1. The van der Waals surface area contributed by atoms with Crippen molar-refractivity contribution >= 4 is 64.4 Å². The quantitative estimate of drug-likeness (QED) is 0.295. The fourth-order valence-electron chi connectivity index (χ4n) is 4.48. The van der Waals surface area contributed by atoms with Crippen molar-refractivity contribution in [3.05, 3.63) is 85.3 Å². The van der Waals surface area contributed by atoms with Gasteiger partial charge in [0.1, 0.15) is 5.52 Å². The maximum Gasteiger partial charge on any atom is 0.181 e. The SMILES string of the molecule is c1ccc2c(c1)sc1c2ccc2c3ccccc3n(-c3ccc4ncoc4c3)c21. The van der Waals surface area contributed by atoms with E-state index in [1.807, 2.05) is 17.4 Å². The Morgan fingerprint density at radius 3 is 2.55 bits per heavy atom. The molecular weight excluding hydrogens is 376 g/mol. The molecule has 0 radical (unpaired) electrons. The van der Waals surface area contributed by atoms with Crippen LogP contribution in [0.25, 0.3) is 58.8 Å². The van der Waals surface area contributed by atoms with E-state index in [-0.39, 0.29) is 0 Å². The number of fused-ring (bicyclic) bond motifs is 8. The van der Waals surface area contributed by atoms with Crippen molar-refractivity contribution in [2.24, 2.45) is 0 Å². The van der Waals surface area contributed by atoms with Gasteiger partial charge in [0, 0.05) is 32.3 Å². The van der Waals surface area contributed by atoms with E-state index in [1.54, 1.807) is 0 Å². The predicted molar refractivity (Wildman–Crippen MR) is 121 cm³/mol. The first-order chi connectivity index (χ1) is 14.4. The lowest BCUT2D eigenvalue weighted by molar-refractivity contribution is 0.602. The first-order valence-electron chi connectivity index (χ1n) is 9.55. The summed E-state index contributed by atoms with van der Waals surface area (Å²) >= 11 is 1.86. The highest BCUT2D eigenvalue weighted by Crippen LogP contribution is 2.42. The van der Waals surface area contributed by atoms with Gasteiger partial charge in [0.15, 0.2) is 12.0 Å². The van der Waals surface area contributed by atoms with Gasteiger partial charge in [-0.15, -0.1) is 11.3 Å². The average Bonchev–Trinajstić information content (AvgIpc) is 3.46. The molecule has 0 unspecified atom stereocenters. The fourth-order valence-corrected chi connectivity index (χ4v) is 5.72. The highest BCUT2D eigenvalue weighted by Gasteiger charge is 2.17. The molecule has 0 amide bonds. The number of oxazole rings is 1. The van der Waals surface area contributed by atoms with Crippen LogP contribution < -0.4 is 0 Å². The van der Waals surface area contributed by atoms with Gasteiger partial charge in [-0.2, -0.15) is 0 Å². The Bertz CT molecular complexity index is 1720. The summed E-state index contributed by atoms with van der Waals surface area (Å²) in [6, 6.07) is 28.0. The second kappa shape index (κ2) is 5.46. The summed E-state index contributed by atoms with van der Waals surface area (Å²) < 4.78 is 10.6. The third kappa shape index (κ3) is 1.99.